The Labute approximate surface area is 127 Å². The summed E-state index contributed by atoms with van der Waals surface area (Å²) >= 11 is 0. The van der Waals surface area contributed by atoms with Gasteiger partial charge in [-0.1, -0.05) is 30.3 Å². The molecule has 0 radical (unpaired) electrons. The van der Waals surface area contributed by atoms with E-state index in [9.17, 15) is 4.79 Å². The third kappa shape index (κ3) is 3.52. The molecule has 2 aromatic carbocycles. The van der Waals surface area contributed by atoms with Crippen molar-refractivity contribution in [3.05, 3.63) is 78.1 Å². The second kappa shape index (κ2) is 6.58. The maximum atomic E-state index is 11.8. The minimum atomic E-state index is -0.179. The largest absolute Gasteiger partial charge is 0.457 e. The van der Waals surface area contributed by atoms with Crippen LogP contribution in [0.5, 0.6) is 11.5 Å². The molecule has 1 amide bonds. The van der Waals surface area contributed by atoms with Crippen LogP contribution in [0.1, 0.15) is 16.1 Å². The molecule has 0 spiro atoms. The lowest BCUT2D eigenvalue weighted by Crippen LogP contribution is -2.23. The van der Waals surface area contributed by atoms with Crippen LogP contribution in [-0.4, -0.2) is 16.1 Å². The van der Waals surface area contributed by atoms with Gasteiger partial charge in [-0.25, -0.2) is 0 Å². The first-order chi connectivity index (χ1) is 10.8. The molecule has 1 aromatic heterocycles. The van der Waals surface area contributed by atoms with Gasteiger partial charge in [0, 0.05) is 12.7 Å². The van der Waals surface area contributed by atoms with Crippen molar-refractivity contribution in [2.24, 2.45) is 0 Å². The molecule has 0 saturated heterocycles. The lowest BCUT2D eigenvalue weighted by molar-refractivity contribution is 0.0946. The van der Waals surface area contributed by atoms with E-state index in [1.54, 1.807) is 12.3 Å². The number of aromatic amines is 1. The number of carbonyl (C=O) groups is 1. The Balaban J connectivity index is 1.56. The van der Waals surface area contributed by atoms with Gasteiger partial charge in [0.15, 0.2) is 0 Å². The van der Waals surface area contributed by atoms with Crippen LogP contribution in [0, 0.1) is 0 Å². The standard InChI is InChI=1S/C17H15N3O2/c21-17(16-10-11-19-20-16)18-12-13-6-8-15(9-7-13)22-14-4-2-1-3-5-14/h1-11H,12H2,(H,18,21)(H,19,20). The molecule has 5 nitrogen and oxygen atoms in total. The highest BCUT2D eigenvalue weighted by Gasteiger charge is 2.06. The summed E-state index contributed by atoms with van der Waals surface area (Å²) in [5.74, 6) is 1.37. The number of nitrogens with one attached hydrogen (secondary N) is 2. The molecule has 0 fully saturated rings. The number of rotatable bonds is 5. The molecule has 0 aliphatic carbocycles. The van der Waals surface area contributed by atoms with Crippen molar-refractivity contribution >= 4 is 5.91 Å². The summed E-state index contributed by atoms with van der Waals surface area (Å²) in [5, 5.41) is 9.19. The van der Waals surface area contributed by atoms with Crippen molar-refractivity contribution in [3.8, 4) is 11.5 Å². The molecule has 1 heterocycles. The molecule has 0 aliphatic rings. The number of amides is 1. The summed E-state index contributed by atoms with van der Waals surface area (Å²) in [6, 6.07) is 18.8. The molecule has 0 unspecified atom stereocenters. The topological polar surface area (TPSA) is 67.0 Å². The van der Waals surface area contributed by atoms with Crippen LogP contribution in [0.15, 0.2) is 66.9 Å². The lowest BCUT2D eigenvalue weighted by Gasteiger charge is -2.07. The molecule has 3 aromatic rings. The second-order valence-electron chi connectivity index (χ2n) is 4.71. The van der Waals surface area contributed by atoms with Gasteiger partial charge in [0.1, 0.15) is 17.2 Å². The number of hydrogen-bond donors (Lipinski definition) is 2. The van der Waals surface area contributed by atoms with Gasteiger partial charge in [-0.3, -0.25) is 9.89 Å². The van der Waals surface area contributed by atoms with Crippen molar-refractivity contribution in [2.75, 3.05) is 0 Å². The number of ether oxygens (including phenoxy) is 1. The molecular weight excluding hydrogens is 278 g/mol. The summed E-state index contributed by atoms with van der Waals surface area (Å²) < 4.78 is 5.72. The molecule has 0 aliphatic heterocycles. The third-order valence-corrected chi connectivity index (χ3v) is 3.10. The summed E-state index contributed by atoms with van der Waals surface area (Å²) in [5.41, 5.74) is 1.44. The molecule has 0 bridgehead atoms. The smallest absolute Gasteiger partial charge is 0.269 e. The summed E-state index contributed by atoms with van der Waals surface area (Å²) in [6.07, 6.45) is 1.55. The maximum Gasteiger partial charge on any atom is 0.269 e. The van der Waals surface area contributed by atoms with Crippen molar-refractivity contribution < 1.29 is 9.53 Å². The number of para-hydroxylation sites is 1. The Morgan fingerprint density at radius 3 is 2.41 bits per heavy atom. The zero-order valence-corrected chi connectivity index (χ0v) is 11.8. The fraction of sp³-hybridized carbons (Fsp3) is 0.0588. The van der Waals surface area contributed by atoms with E-state index in [1.165, 1.54) is 0 Å². The van der Waals surface area contributed by atoms with Crippen LogP contribution in [0.4, 0.5) is 0 Å². The van der Waals surface area contributed by atoms with Gasteiger partial charge in [0.05, 0.1) is 0 Å². The normalized spacial score (nSPS) is 10.2. The SMILES string of the molecule is O=C(NCc1ccc(Oc2ccccc2)cc1)c1ccn[nH]1. The monoisotopic (exact) mass is 293 g/mol. The predicted octanol–water partition coefficient (Wildman–Crippen LogP) is 3.13. The van der Waals surface area contributed by atoms with Gasteiger partial charge in [-0.2, -0.15) is 5.10 Å². The van der Waals surface area contributed by atoms with E-state index in [1.807, 2.05) is 54.6 Å². The van der Waals surface area contributed by atoms with E-state index in [0.717, 1.165) is 17.1 Å². The van der Waals surface area contributed by atoms with Crippen LogP contribution in [-0.2, 0) is 6.54 Å². The van der Waals surface area contributed by atoms with Crippen LogP contribution in [0.2, 0.25) is 0 Å². The van der Waals surface area contributed by atoms with Crippen molar-refractivity contribution in [1.29, 1.82) is 0 Å². The highest BCUT2D eigenvalue weighted by Crippen LogP contribution is 2.21. The van der Waals surface area contributed by atoms with E-state index in [0.29, 0.717) is 12.2 Å². The van der Waals surface area contributed by atoms with Gasteiger partial charge in [0.25, 0.3) is 5.91 Å². The molecule has 3 rings (SSSR count). The van der Waals surface area contributed by atoms with Crippen LogP contribution >= 0.6 is 0 Å². The van der Waals surface area contributed by atoms with Crippen LogP contribution < -0.4 is 10.1 Å². The summed E-state index contributed by atoms with van der Waals surface area (Å²) in [4.78, 5) is 11.8. The first-order valence-electron chi connectivity index (χ1n) is 6.91. The summed E-state index contributed by atoms with van der Waals surface area (Å²) in [6.45, 7) is 0.448. The molecule has 2 N–H and O–H groups in total. The van der Waals surface area contributed by atoms with Crippen molar-refractivity contribution in [3.63, 3.8) is 0 Å². The van der Waals surface area contributed by atoms with E-state index >= 15 is 0 Å². The number of benzene rings is 2. The van der Waals surface area contributed by atoms with Crippen LogP contribution in [0.25, 0.3) is 0 Å². The first kappa shape index (κ1) is 13.9. The Bertz CT molecular complexity index is 722. The second-order valence-corrected chi connectivity index (χ2v) is 4.71. The molecular formula is C17H15N3O2. The van der Waals surface area contributed by atoms with Gasteiger partial charge < -0.3 is 10.1 Å². The Morgan fingerprint density at radius 2 is 1.73 bits per heavy atom. The van der Waals surface area contributed by atoms with Gasteiger partial charge in [0.2, 0.25) is 0 Å². The van der Waals surface area contributed by atoms with E-state index in [-0.39, 0.29) is 5.91 Å². The number of carbonyl (C=O) groups excluding carboxylic acids is 1. The van der Waals surface area contributed by atoms with Gasteiger partial charge in [-0.05, 0) is 35.9 Å². The van der Waals surface area contributed by atoms with E-state index in [4.69, 9.17) is 4.74 Å². The predicted molar refractivity (Wildman–Crippen MR) is 82.7 cm³/mol. The number of aromatic nitrogens is 2. The van der Waals surface area contributed by atoms with Crippen molar-refractivity contribution in [1.82, 2.24) is 15.5 Å². The fourth-order valence-electron chi connectivity index (χ4n) is 1.96. The quantitative estimate of drug-likeness (QED) is 0.759. The first-order valence-corrected chi connectivity index (χ1v) is 6.91. The van der Waals surface area contributed by atoms with Crippen LogP contribution in [0.3, 0.4) is 0 Å². The Morgan fingerprint density at radius 1 is 1.00 bits per heavy atom. The lowest BCUT2D eigenvalue weighted by atomic mass is 10.2. The fourth-order valence-corrected chi connectivity index (χ4v) is 1.96. The Hall–Kier alpha value is -3.08. The maximum absolute atomic E-state index is 11.8. The minimum absolute atomic E-state index is 0.179. The number of H-pyrrole nitrogens is 1. The van der Waals surface area contributed by atoms with E-state index < -0.39 is 0 Å². The number of nitrogens with zero attached hydrogens (tertiary/aromatic N) is 1. The zero-order chi connectivity index (χ0) is 15.2. The average molecular weight is 293 g/mol. The minimum Gasteiger partial charge on any atom is -0.457 e. The number of hydrogen-bond acceptors (Lipinski definition) is 3. The third-order valence-electron chi connectivity index (χ3n) is 3.10. The molecule has 0 atom stereocenters. The average Bonchev–Trinajstić information content (AvgIpc) is 3.09. The molecule has 5 heteroatoms. The zero-order valence-electron chi connectivity index (χ0n) is 11.8. The molecule has 22 heavy (non-hydrogen) atoms. The molecule has 0 saturated carbocycles. The Kier molecular flexibility index (Phi) is 4.15. The van der Waals surface area contributed by atoms with Gasteiger partial charge in [-0.15, -0.1) is 0 Å². The molecule has 110 valence electrons. The highest BCUT2D eigenvalue weighted by molar-refractivity contribution is 5.91. The van der Waals surface area contributed by atoms with Crippen molar-refractivity contribution in [2.45, 2.75) is 6.54 Å². The van der Waals surface area contributed by atoms with Gasteiger partial charge >= 0.3 is 0 Å². The van der Waals surface area contributed by atoms with E-state index in [2.05, 4.69) is 15.5 Å². The highest BCUT2D eigenvalue weighted by atomic mass is 16.5. The summed E-state index contributed by atoms with van der Waals surface area (Å²) in [7, 11) is 0.